The molecule has 0 aliphatic heterocycles. The van der Waals surface area contributed by atoms with E-state index in [1.807, 2.05) is 13.8 Å². The molecule has 1 aromatic carbocycles. The predicted molar refractivity (Wildman–Crippen MR) is 85.8 cm³/mol. The molecule has 116 valence electrons. The maximum absolute atomic E-state index is 12.1. The molecule has 2 amide bonds. The second kappa shape index (κ2) is 8.52. The van der Waals surface area contributed by atoms with Crippen LogP contribution in [0.4, 0.5) is 5.69 Å². The molecule has 0 saturated carbocycles. The fourth-order valence-electron chi connectivity index (χ4n) is 1.76. The largest absolute Gasteiger partial charge is 0.387 e. The highest BCUT2D eigenvalue weighted by atomic mass is 35.5. The van der Waals surface area contributed by atoms with E-state index in [1.54, 1.807) is 25.2 Å². The second-order valence-electron chi connectivity index (χ2n) is 4.82. The van der Waals surface area contributed by atoms with Crippen LogP contribution in [0.3, 0.4) is 0 Å². The van der Waals surface area contributed by atoms with Crippen LogP contribution >= 0.6 is 11.6 Å². The third kappa shape index (κ3) is 5.63. The molecule has 1 aromatic rings. The Hall–Kier alpha value is -1.75. The van der Waals surface area contributed by atoms with Crippen LogP contribution in [-0.2, 0) is 4.79 Å². The first-order valence-electron chi connectivity index (χ1n) is 7.02. The molecule has 0 heterocycles. The molecule has 0 bridgehead atoms. The molecule has 0 aliphatic carbocycles. The Bertz CT molecular complexity index is 506. The Labute approximate surface area is 130 Å². The van der Waals surface area contributed by atoms with Gasteiger partial charge in [-0.25, -0.2) is 0 Å². The van der Waals surface area contributed by atoms with E-state index in [9.17, 15) is 9.59 Å². The van der Waals surface area contributed by atoms with Gasteiger partial charge < -0.3 is 16.0 Å². The number of nitrogens with one attached hydrogen (secondary N) is 3. The van der Waals surface area contributed by atoms with Gasteiger partial charge in [0.25, 0.3) is 5.91 Å². The Morgan fingerprint density at radius 3 is 2.67 bits per heavy atom. The van der Waals surface area contributed by atoms with E-state index in [-0.39, 0.29) is 30.8 Å². The maximum Gasteiger partial charge on any atom is 0.253 e. The molecule has 0 aromatic heterocycles. The first-order chi connectivity index (χ1) is 9.97. The van der Waals surface area contributed by atoms with Gasteiger partial charge in [-0.1, -0.05) is 18.5 Å². The van der Waals surface area contributed by atoms with Crippen molar-refractivity contribution in [3.63, 3.8) is 0 Å². The molecule has 21 heavy (non-hydrogen) atoms. The lowest BCUT2D eigenvalue weighted by Crippen LogP contribution is -2.35. The van der Waals surface area contributed by atoms with E-state index in [0.717, 1.165) is 6.42 Å². The summed E-state index contributed by atoms with van der Waals surface area (Å²) in [6.07, 6.45) is 1.14. The van der Waals surface area contributed by atoms with Crippen molar-refractivity contribution in [2.45, 2.75) is 32.7 Å². The van der Waals surface area contributed by atoms with Crippen molar-refractivity contribution in [3.8, 4) is 0 Å². The number of hydrogen-bond donors (Lipinski definition) is 3. The monoisotopic (exact) mass is 311 g/mol. The number of carbonyl (C=O) groups is 2. The molecular weight excluding hydrogens is 290 g/mol. The first-order valence-corrected chi connectivity index (χ1v) is 7.40. The van der Waals surface area contributed by atoms with Crippen LogP contribution in [0.1, 0.15) is 37.0 Å². The zero-order valence-electron chi connectivity index (χ0n) is 12.6. The van der Waals surface area contributed by atoms with Crippen molar-refractivity contribution in [2.75, 3.05) is 18.9 Å². The number of anilines is 1. The van der Waals surface area contributed by atoms with Gasteiger partial charge in [-0.3, -0.25) is 9.59 Å². The quantitative estimate of drug-likeness (QED) is 0.724. The van der Waals surface area contributed by atoms with Crippen LogP contribution in [-0.4, -0.2) is 31.4 Å². The van der Waals surface area contributed by atoms with Crippen molar-refractivity contribution in [1.82, 2.24) is 10.6 Å². The maximum atomic E-state index is 12.1. The van der Waals surface area contributed by atoms with Crippen LogP contribution in [0, 0.1) is 0 Å². The summed E-state index contributed by atoms with van der Waals surface area (Å²) in [4.78, 5) is 23.7. The summed E-state index contributed by atoms with van der Waals surface area (Å²) >= 11 is 5.90. The highest BCUT2D eigenvalue weighted by molar-refractivity contribution is 6.31. The SMILES string of the molecule is CCC(C)NC(=O)CCNC(=O)c1cc(Cl)ccc1NC. The molecule has 0 aliphatic rings. The van der Waals surface area contributed by atoms with Crippen molar-refractivity contribution in [1.29, 1.82) is 0 Å². The van der Waals surface area contributed by atoms with Gasteiger partial charge in [0, 0.05) is 36.8 Å². The van der Waals surface area contributed by atoms with Crippen molar-refractivity contribution in [3.05, 3.63) is 28.8 Å². The predicted octanol–water partition coefficient (Wildman–Crippen LogP) is 2.42. The van der Waals surface area contributed by atoms with Gasteiger partial charge in [0.1, 0.15) is 0 Å². The number of carbonyl (C=O) groups excluding carboxylic acids is 2. The minimum Gasteiger partial charge on any atom is -0.387 e. The highest BCUT2D eigenvalue weighted by Gasteiger charge is 2.12. The van der Waals surface area contributed by atoms with Gasteiger partial charge >= 0.3 is 0 Å². The lowest BCUT2D eigenvalue weighted by Gasteiger charge is -2.12. The molecule has 5 nitrogen and oxygen atoms in total. The standard InChI is InChI=1S/C15H22ClN3O2/c1-4-10(2)19-14(20)7-8-18-15(21)12-9-11(16)5-6-13(12)17-3/h5-6,9-10,17H,4,7-8H2,1-3H3,(H,18,21)(H,19,20). The summed E-state index contributed by atoms with van der Waals surface area (Å²) in [7, 11) is 1.74. The van der Waals surface area contributed by atoms with Gasteiger partial charge in [-0.05, 0) is 31.5 Å². The van der Waals surface area contributed by atoms with Crippen LogP contribution in [0.5, 0.6) is 0 Å². The minimum absolute atomic E-state index is 0.0652. The topological polar surface area (TPSA) is 70.2 Å². The van der Waals surface area contributed by atoms with Crippen LogP contribution in [0.15, 0.2) is 18.2 Å². The number of amides is 2. The number of rotatable bonds is 7. The highest BCUT2D eigenvalue weighted by Crippen LogP contribution is 2.20. The molecule has 1 rings (SSSR count). The Balaban J connectivity index is 2.51. The van der Waals surface area contributed by atoms with E-state index >= 15 is 0 Å². The average molecular weight is 312 g/mol. The third-order valence-electron chi connectivity index (χ3n) is 3.15. The first kappa shape index (κ1) is 17.3. The zero-order chi connectivity index (χ0) is 15.8. The van der Waals surface area contributed by atoms with E-state index in [0.29, 0.717) is 16.3 Å². The molecule has 3 N–H and O–H groups in total. The van der Waals surface area contributed by atoms with E-state index in [2.05, 4.69) is 16.0 Å². The summed E-state index contributed by atoms with van der Waals surface area (Å²) < 4.78 is 0. The molecule has 0 radical (unpaired) electrons. The molecule has 0 spiro atoms. The fraction of sp³-hybridized carbons (Fsp3) is 0.467. The Morgan fingerprint density at radius 1 is 1.33 bits per heavy atom. The van der Waals surface area contributed by atoms with E-state index in [1.165, 1.54) is 0 Å². The minimum atomic E-state index is -0.252. The number of halogens is 1. The summed E-state index contributed by atoms with van der Waals surface area (Å²) in [6.45, 7) is 4.24. The Kier molecular flexibility index (Phi) is 7.02. The lowest BCUT2D eigenvalue weighted by atomic mass is 10.1. The van der Waals surface area contributed by atoms with Crippen molar-refractivity contribution < 1.29 is 9.59 Å². The second-order valence-corrected chi connectivity index (χ2v) is 5.26. The van der Waals surface area contributed by atoms with E-state index in [4.69, 9.17) is 11.6 Å². The van der Waals surface area contributed by atoms with Crippen LogP contribution in [0.2, 0.25) is 5.02 Å². The summed E-state index contributed by atoms with van der Waals surface area (Å²) in [6, 6.07) is 5.20. The van der Waals surface area contributed by atoms with Crippen molar-refractivity contribution >= 4 is 29.1 Å². The molecule has 1 atom stereocenters. The molecule has 6 heteroatoms. The van der Waals surface area contributed by atoms with Crippen LogP contribution < -0.4 is 16.0 Å². The van der Waals surface area contributed by atoms with Gasteiger partial charge in [-0.15, -0.1) is 0 Å². The number of benzene rings is 1. The van der Waals surface area contributed by atoms with Crippen molar-refractivity contribution in [2.24, 2.45) is 0 Å². The zero-order valence-corrected chi connectivity index (χ0v) is 13.4. The molecule has 0 fully saturated rings. The normalized spacial score (nSPS) is 11.6. The Morgan fingerprint density at radius 2 is 2.05 bits per heavy atom. The summed E-state index contributed by atoms with van der Waals surface area (Å²) in [5.74, 6) is -0.317. The molecule has 0 saturated heterocycles. The number of hydrogen-bond acceptors (Lipinski definition) is 3. The van der Waals surface area contributed by atoms with Gasteiger partial charge in [0.05, 0.1) is 5.56 Å². The summed E-state index contributed by atoms with van der Waals surface area (Å²) in [5, 5.41) is 9.01. The smallest absolute Gasteiger partial charge is 0.253 e. The van der Waals surface area contributed by atoms with Gasteiger partial charge in [0.15, 0.2) is 0 Å². The van der Waals surface area contributed by atoms with E-state index < -0.39 is 0 Å². The van der Waals surface area contributed by atoms with Gasteiger partial charge in [0.2, 0.25) is 5.91 Å². The lowest BCUT2D eigenvalue weighted by molar-refractivity contribution is -0.121. The van der Waals surface area contributed by atoms with Crippen LogP contribution in [0.25, 0.3) is 0 Å². The average Bonchev–Trinajstić information content (AvgIpc) is 2.46. The third-order valence-corrected chi connectivity index (χ3v) is 3.39. The van der Waals surface area contributed by atoms with Gasteiger partial charge in [-0.2, -0.15) is 0 Å². The molecule has 1 unspecified atom stereocenters. The fourth-order valence-corrected chi connectivity index (χ4v) is 1.93. The summed E-state index contributed by atoms with van der Waals surface area (Å²) in [5.41, 5.74) is 1.16. The molecular formula is C15H22ClN3O2.